The Hall–Kier alpha value is -3.20. The molecule has 0 aliphatic rings. The van der Waals surface area contributed by atoms with Crippen molar-refractivity contribution in [1.29, 1.82) is 5.26 Å². The maximum absolute atomic E-state index is 9.69. The fourth-order valence-electron chi connectivity index (χ4n) is 2.32. The van der Waals surface area contributed by atoms with Gasteiger partial charge in [-0.25, -0.2) is 4.98 Å². The van der Waals surface area contributed by atoms with Gasteiger partial charge in [0, 0.05) is 5.56 Å². The van der Waals surface area contributed by atoms with E-state index >= 15 is 0 Å². The summed E-state index contributed by atoms with van der Waals surface area (Å²) in [7, 11) is 0. The van der Waals surface area contributed by atoms with Crippen LogP contribution in [0.1, 0.15) is 17.4 Å². The average Bonchev–Trinajstić information content (AvgIpc) is 2.68. The van der Waals surface area contributed by atoms with Crippen molar-refractivity contribution in [3.05, 3.63) is 78.0 Å². The minimum Gasteiger partial charge on any atom is -0.457 e. The minimum absolute atomic E-state index is 0.367. The Balaban J connectivity index is 1.77. The van der Waals surface area contributed by atoms with E-state index in [1.165, 1.54) is 0 Å². The predicted octanol–water partition coefficient (Wildman–Crippen LogP) is 3.44. The standard InChI is InChI=1S/C20H16N2O3/c21-12-14-4-8-16(9-5-14)25-17-10-6-15(7-11-17)18-2-1-3-19(22-18)20(24)13-23/h1-11,20,23-24H,13H2/t20-/m0/s1. The zero-order valence-corrected chi connectivity index (χ0v) is 13.3. The largest absolute Gasteiger partial charge is 0.457 e. The molecule has 0 unspecified atom stereocenters. The molecule has 124 valence electrons. The van der Waals surface area contributed by atoms with Gasteiger partial charge in [0.15, 0.2) is 0 Å². The van der Waals surface area contributed by atoms with Gasteiger partial charge in [0.05, 0.1) is 29.6 Å². The van der Waals surface area contributed by atoms with Gasteiger partial charge in [0.1, 0.15) is 17.6 Å². The Kier molecular flexibility index (Phi) is 5.05. The molecule has 0 aliphatic heterocycles. The number of aromatic nitrogens is 1. The molecule has 1 heterocycles. The molecule has 25 heavy (non-hydrogen) atoms. The third-order valence-electron chi connectivity index (χ3n) is 3.65. The van der Waals surface area contributed by atoms with Gasteiger partial charge in [-0.3, -0.25) is 0 Å². The fourth-order valence-corrected chi connectivity index (χ4v) is 2.32. The van der Waals surface area contributed by atoms with Crippen molar-refractivity contribution in [1.82, 2.24) is 4.98 Å². The third-order valence-corrected chi connectivity index (χ3v) is 3.65. The summed E-state index contributed by atoms with van der Waals surface area (Å²) >= 11 is 0. The molecular weight excluding hydrogens is 316 g/mol. The highest BCUT2D eigenvalue weighted by Gasteiger charge is 2.09. The van der Waals surface area contributed by atoms with Crippen LogP contribution in [-0.4, -0.2) is 21.8 Å². The molecule has 5 heteroatoms. The van der Waals surface area contributed by atoms with E-state index in [2.05, 4.69) is 11.1 Å². The lowest BCUT2D eigenvalue weighted by atomic mass is 10.1. The van der Waals surface area contributed by atoms with Crippen LogP contribution in [0.15, 0.2) is 66.7 Å². The lowest BCUT2D eigenvalue weighted by Gasteiger charge is -2.09. The second kappa shape index (κ2) is 7.58. The van der Waals surface area contributed by atoms with Crippen molar-refractivity contribution < 1.29 is 14.9 Å². The van der Waals surface area contributed by atoms with Crippen LogP contribution in [0.4, 0.5) is 0 Å². The van der Waals surface area contributed by atoms with Crippen LogP contribution in [0.25, 0.3) is 11.3 Å². The Morgan fingerprint density at radius 3 is 2.20 bits per heavy atom. The number of nitriles is 1. The summed E-state index contributed by atoms with van der Waals surface area (Å²) in [5, 5.41) is 27.5. The lowest BCUT2D eigenvalue weighted by molar-refractivity contribution is 0.0923. The van der Waals surface area contributed by atoms with Gasteiger partial charge in [-0.2, -0.15) is 5.26 Å². The van der Waals surface area contributed by atoms with Crippen LogP contribution >= 0.6 is 0 Å². The van der Waals surface area contributed by atoms with E-state index in [0.717, 1.165) is 5.56 Å². The number of hydrogen-bond acceptors (Lipinski definition) is 5. The van der Waals surface area contributed by atoms with Crippen molar-refractivity contribution >= 4 is 0 Å². The molecule has 0 amide bonds. The zero-order chi connectivity index (χ0) is 17.6. The lowest BCUT2D eigenvalue weighted by Crippen LogP contribution is -2.05. The van der Waals surface area contributed by atoms with Crippen LogP contribution in [0, 0.1) is 11.3 Å². The second-order valence-corrected chi connectivity index (χ2v) is 5.41. The number of aliphatic hydroxyl groups is 2. The molecule has 1 atom stereocenters. The number of hydrogen-bond donors (Lipinski definition) is 2. The van der Waals surface area contributed by atoms with E-state index in [9.17, 15) is 5.11 Å². The molecular formula is C20H16N2O3. The molecule has 0 saturated heterocycles. The summed E-state index contributed by atoms with van der Waals surface area (Å²) < 4.78 is 5.75. The zero-order valence-electron chi connectivity index (χ0n) is 13.3. The van der Waals surface area contributed by atoms with Crippen molar-refractivity contribution in [3.8, 4) is 28.8 Å². The van der Waals surface area contributed by atoms with Crippen LogP contribution < -0.4 is 4.74 Å². The topological polar surface area (TPSA) is 86.4 Å². The molecule has 0 radical (unpaired) electrons. The SMILES string of the molecule is N#Cc1ccc(Oc2ccc(-c3cccc([C@@H](O)CO)n3)cc2)cc1. The average molecular weight is 332 g/mol. The second-order valence-electron chi connectivity index (χ2n) is 5.41. The molecule has 0 spiro atoms. The first-order valence-electron chi connectivity index (χ1n) is 7.74. The monoisotopic (exact) mass is 332 g/mol. The Morgan fingerprint density at radius 2 is 1.60 bits per heavy atom. The first-order valence-corrected chi connectivity index (χ1v) is 7.74. The number of benzene rings is 2. The molecule has 0 saturated carbocycles. The highest BCUT2D eigenvalue weighted by molar-refractivity contribution is 5.60. The van der Waals surface area contributed by atoms with Gasteiger partial charge in [-0.15, -0.1) is 0 Å². The summed E-state index contributed by atoms with van der Waals surface area (Å²) in [6, 6.07) is 21.6. The Labute approximate surface area is 145 Å². The number of rotatable bonds is 5. The molecule has 0 aliphatic carbocycles. The summed E-state index contributed by atoms with van der Waals surface area (Å²) in [5.41, 5.74) is 2.59. The summed E-state index contributed by atoms with van der Waals surface area (Å²) in [6.45, 7) is -0.367. The Bertz CT molecular complexity index is 884. The van der Waals surface area contributed by atoms with Crippen molar-refractivity contribution in [2.45, 2.75) is 6.10 Å². The fraction of sp³-hybridized carbons (Fsp3) is 0.100. The highest BCUT2D eigenvalue weighted by Crippen LogP contribution is 2.26. The van der Waals surface area contributed by atoms with Crippen molar-refractivity contribution in [3.63, 3.8) is 0 Å². The molecule has 3 aromatic rings. The van der Waals surface area contributed by atoms with Gasteiger partial charge in [0.2, 0.25) is 0 Å². The molecule has 1 aromatic heterocycles. The van der Waals surface area contributed by atoms with E-state index in [4.69, 9.17) is 15.1 Å². The van der Waals surface area contributed by atoms with E-state index in [1.54, 1.807) is 36.4 Å². The van der Waals surface area contributed by atoms with E-state index in [1.807, 2.05) is 30.3 Å². The Morgan fingerprint density at radius 1 is 0.960 bits per heavy atom. The number of nitrogens with zero attached hydrogens (tertiary/aromatic N) is 2. The molecule has 3 rings (SSSR count). The van der Waals surface area contributed by atoms with Gasteiger partial charge in [-0.1, -0.05) is 6.07 Å². The van der Waals surface area contributed by atoms with Crippen LogP contribution in [0.3, 0.4) is 0 Å². The van der Waals surface area contributed by atoms with E-state index in [0.29, 0.717) is 28.5 Å². The maximum Gasteiger partial charge on any atom is 0.127 e. The van der Waals surface area contributed by atoms with Gasteiger partial charge < -0.3 is 14.9 Å². The van der Waals surface area contributed by atoms with Gasteiger partial charge in [-0.05, 0) is 60.7 Å². The quantitative estimate of drug-likeness (QED) is 0.747. The number of pyridine rings is 1. The molecule has 0 bridgehead atoms. The smallest absolute Gasteiger partial charge is 0.127 e. The van der Waals surface area contributed by atoms with E-state index < -0.39 is 6.10 Å². The summed E-state index contributed by atoms with van der Waals surface area (Å²) in [6.07, 6.45) is -0.987. The van der Waals surface area contributed by atoms with Crippen LogP contribution in [0.5, 0.6) is 11.5 Å². The highest BCUT2D eigenvalue weighted by atomic mass is 16.5. The molecule has 0 fully saturated rings. The summed E-state index contributed by atoms with van der Waals surface area (Å²) in [4.78, 5) is 4.37. The summed E-state index contributed by atoms with van der Waals surface area (Å²) in [5.74, 6) is 1.32. The normalized spacial score (nSPS) is 11.6. The first-order chi connectivity index (χ1) is 12.2. The van der Waals surface area contributed by atoms with Crippen LogP contribution in [-0.2, 0) is 0 Å². The van der Waals surface area contributed by atoms with Crippen molar-refractivity contribution in [2.75, 3.05) is 6.61 Å². The minimum atomic E-state index is -0.987. The van der Waals surface area contributed by atoms with Gasteiger partial charge in [0.25, 0.3) is 0 Å². The molecule has 5 nitrogen and oxygen atoms in total. The third kappa shape index (κ3) is 4.01. The van der Waals surface area contributed by atoms with Crippen LogP contribution in [0.2, 0.25) is 0 Å². The maximum atomic E-state index is 9.69. The van der Waals surface area contributed by atoms with E-state index in [-0.39, 0.29) is 6.61 Å². The van der Waals surface area contributed by atoms with Gasteiger partial charge >= 0.3 is 0 Å². The first kappa shape index (κ1) is 16.7. The molecule has 2 N–H and O–H groups in total. The predicted molar refractivity (Wildman–Crippen MR) is 92.9 cm³/mol. The number of aliphatic hydroxyl groups excluding tert-OH is 2. The van der Waals surface area contributed by atoms with Crippen molar-refractivity contribution in [2.24, 2.45) is 0 Å². The number of ether oxygens (including phenoxy) is 1. The molecule has 2 aromatic carbocycles.